The predicted molar refractivity (Wildman–Crippen MR) is 58.8 cm³/mol. The number of aryl methyl sites for hydroxylation is 1. The minimum Gasteiger partial charge on any atom is -0.496 e. The largest absolute Gasteiger partial charge is 0.496 e. The molecule has 0 saturated heterocycles. The van der Waals surface area contributed by atoms with E-state index in [1.54, 1.807) is 19.5 Å². The molecular formula is C12H12N2O. The maximum Gasteiger partial charge on any atom is 0.121 e. The first-order valence-electron chi connectivity index (χ1n) is 4.71. The molecule has 15 heavy (non-hydrogen) atoms. The zero-order valence-electron chi connectivity index (χ0n) is 8.77. The lowest BCUT2D eigenvalue weighted by atomic mass is 10.1. The molecule has 0 spiro atoms. The van der Waals surface area contributed by atoms with E-state index in [4.69, 9.17) is 4.74 Å². The van der Waals surface area contributed by atoms with Crippen LogP contribution in [0.1, 0.15) is 5.56 Å². The number of hydrogen-bond donors (Lipinski definition) is 0. The van der Waals surface area contributed by atoms with Gasteiger partial charge in [-0.3, -0.25) is 0 Å². The van der Waals surface area contributed by atoms with Crippen LogP contribution >= 0.6 is 0 Å². The number of aromatic nitrogens is 2. The lowest BCUT2D eigenvalue weighted by molar-refractivity contribution is 0.412. The standard InChI is InChI=1S/C12H12N2O/c1-9-5-10(3-4-12(9)15-2)11-6-13-8-14-7-11/h3-8H,1-2H3. The third-order valence-electron chi connectivity index (χ3n) is 2.29. The van der Waals surface area contributed by atoms with Crippen LogP contribution in [0.4, 0.5) is 0 Å². The molecule has 1 aromatic heterocycles. The lowest BCUT2D eigenvalue weighted by Crippen LogP contribution is -1.88. The highest BCUT2D eigenvalue weighted by Gasteiger charge is 2.01. The summed E-state index contributed by atoms with van der Waals surface area (Å²) in [6.45, 7) is 2.02. The summed E-state index contributed by atoms with van der Waals surface area (Å²) in [5.74, 6) is 0.899. The molecule has 3 nitrogen and oxygen atoms in total. The molecular weight excluding hydrogens is 188 g/mol. The van der Waals surface area contributed by atoms with Gasteiger partial charge in [0, 0.05) is 18.0 Å². The van der Waals surface area contributed by atoms with Crippen LogP contribution in [0.3, 0.4) is 0 Å². The van der Waals surface area contributed by atoms with Crippen LogP contribution in [0.15, 0.2) is 36.9 Å². The smallest absolute Gasteiger partial charge is 0.121 e. The Kier molecular flexibility index (Phi) is 2.63. The van der Waals surface area contributed by atoms with Gasteiger partial charge in [0.15, 0.2) is 0 Å². The molecule has 0 aliphatic carbocycles. The second-order valence-electron chi connectivity index (χ2n) is 3.31. The maximum absolute atomic E-state index is 5.20. The second kappa shape index (κ2) is 4.09. The molecule has 0 aliphatic heterocycles. The normalized spacial score (nSPS) is 10.0. The van der Waals surface area contributed by atoms with Crippen molar-refractivity contribution in [2.45, 2.75) is 6.92 Å². The molecule has 0 amide bonds. The van der Waals surface area contributed by atoms with Gasteiger partial charge >= 0.3 is 0 Å². The Morgan fingerprint density at radius 3 is 2.40 bits per heavy atom. The molecule has 1 heterocycles. The highest BCUT2D eigenvalue weighted by atomic mass is 16.5. The molecule has 3 heteroatoms. The van der Waals surface area contributed by atoms with Gasteiger partial charge in [-0.1, -0.05) is 6.07 Å². The van der Waals surface area contributed by atoms with E-state index in [-0.39, 0.29) is 0 Å². The van der Waals surface area contributed by atoms with Crippen LogP contribution in [0, 0.1) is 6.92 Å². The van der Waals surface area contributed by atoms with Crippen molar-refractivity contribution in [3.8, 4) is 16.9 Å². The van der Waals surface area contributed by atoms with Gasteiger partial charge < -0.3 is 4.74 Å². The zero-order valence-corrected chi connectivity index (χ0v) is 8.77. The third-order valence-corrected chi connectivity index (χ3v) is 2.29. The van der Waals surface area contributed by atoms with Gasteiger partial charge in [0.05, 0.1) is 7.11 Å². The molecule has 0 radical (unpaired) electrons. The minimum absolute atomic E-state index is 0.899. The second-order valence-corrected chi connectivity index (χ2v) is 3.31. The van der Waals surface area contributed by atoms with E-state index in [1.807, 2.05) is 19.1 Å². The van der Waals surface area contributed by atoms with Gasteiger partial charge in [0.2, 0.25) is 0 Å². The number of ether oxygens (including phenoxy) is 1. The highest BCUT2D eigenvalue weighted by molar-refractivity contribution is 5.63. The summed E-state index contributed by atoms with van der Waals surface area (Å²) in [5, 5.41) is 0. The number of hydrogen-bond acceptors (Lipinski definition) is 3. The maximum atomic E-state index is 5.20. The number of methoxy groups -OCH3 is 1. The molecule has 0 N–H and O–H groups in total. The Morgan fingerprint density at radius 1 is 1.07 bits per heavy atom. The summed E-state index contributed by atoms with van der Waals surface area (Å²) in [6, 6.07) is 6.03. The Bertz CT molecular complexity index is 454. The van der Waals surface area contributed by atoms with E-state index >= 15 is 0 Å². The zero-order chi connectivity index (χ0) is 10.7. The van der Waals surface area contributed by atoms with Gasteiger partial charge in [0.1, 0.15) is 12.1 Å². The van der Waals surface area contributed by atoms with E-state index in [2.05, 4.69) is 16.0 Å². The average molecular weight is 200 g/mol. The summed E-state index contributed by atoms with van der Waals surface area (Å²) in [7, 11) is 1.67. The Labute approximate surface area is 88.8 Å². The predicted octanol–water partition coefficient (Wildman–Crippen LogP) is 2.46. The quantitative estimate of drug-likeness (QED) is 0.747. The molecule has 2 aromatic rings. The van der Waals surface area contributed by atoms with E-state index in [9.17, 15) is 0 Å². The first-order chi connectivity index (χ1) is 7.31. The first-order valence-corrected chi connectivity index (χ1v) is 4.71. The summed E-state index contributed by atoms with van der Waals surface area (Å²) in [6.07, 6.45) is 5.13. The molecule has 0 aliphatic rings. The molecule has 2 rings (SSSR count). The molecule has 0 saturated carbocycles. The topological polar surface area (TPSA) is 35.0 Å². The number of rotatable bonds is 2. The van der Waals surface area contributed by atoms with Crippen LogP contribution in [0.5, 0.6) is 5.75 Å². The summed E-state index contributed by atoms with van der Waals surface area (Å²) >= 11 is 0. The molecule has 0 unspecified atom stereocenters. The summed E-state index contributed by atoms with van der Waals surface area (Å²) < 4.78 is 5.20. The number of nitrogens with zero attached hydrogens (tertiary/aromatic N) is 2. The first kappa shape index (κ1) is 9.65. The van der Waals surface area contributed by atoms with Crippen LogP contribution in [-0.2, 0) is 0 Å². The van der Waals surface area contributed by atoms with Gasteiger partial charge in [-0.25, -0.2) is 9.97 Å². The van der Waals surface area contributed by atoms with Crippen molar-refractivity contribution in [2.75, 3.05) is 7.11 Å². The molecule has 0 atom stereocenters. The van der Waals surface area contributed by atoms with Crippen molar-refractivity contribution in [3.63, 3.8) is 0 Å². The van der Waals surface area contributed by atoms with Gasteiger partial charge in [-0.15, -0.1) is 0 Å². The molecule has 0 bridgehead atoms. The Hall–Kier alpha value is -1.90. The van der Waals surface area contributed by atoms with Crippen LogP contribution in [0.25, 0.3) is 11.1 Å². The molecule has 76 valence electrons. The van der Waals surface area contributed by atoms with Gasteiger partial charge in [0.25, 0.3) is 0 Å². The van der Waals surface area contributed by atoms with Crippen molar-refractivity contribution in [1.29, 1.82) is 0 Å². The lowest BCUT2D eigenvalue weighted by Gasteiger charge is -2.06. The van der Waals surface area contributed by atoms with Gasteiger partial charge in [-0.2, -0.15) is 0 Å². The molecule has 1 aromatic carbocycles. The van der Waals surface area contributed by atoms with Crippen molar-refractivity contribution in [1.82, 2.24) is 9.97 Å². The Morgan fingerprint density at radius 2 is 1.80 bits per heavy atom. The fourth-order valence-corrected chi connectivity index (χ4v) is 1.51. The van der Waals surface area contributed by atoms with E-state index in [1.165, 1.54) is 6.33 Å². The van der Waals surface area contributed by atoms with Crippen molar-refractivity contribution in [3.05, 3.63) is 42.5 Å². The average Bonchev–Trinajstić information content (AvgIpc) is 2.30. The summed E-state index contributed by atoms with van der Waals surface area (Å²) in [4.78, 5) is 7.98. The van der Waals surface area contributed by atoms with Crippen LogP contribution in [-0.4, -0.2) is 17.1 Å². The van der Waals surface area contributed by atoms with E-state index in [0.29, 0.717) is 0 Å². The monoisotopic (exact) mass is 200 g/mol. The Balaban J connectivity index is 2.43. The van der Waals surface area contributed by atoms with Crippen molar-refractivity contribution in [2.24, 2.45) is 0 Å². The summed E-state index contributed by atoms with van der Waals surface area (Å²) in [5.41, 5.74) is 3.23. The van der Waals surface area contributed by atoms with Gasteiger partial charge in [-0.05, 0) is 30.2 Å². The highest BCUT2D eigenvalue weighted by Crippen LogP contribution is 2.24. The minimum atomic E-state index is 0.899. The van der Waals surface area contributed by atoms with Crippen LogP contribution in [0.2, 0.25) is 0 Å². The van der Waals surface area contributed by atoms with Crippen molar-refractivity contribution >= 4 is 0 Å². The third kappa shape index (κ3) is 1.96. The fraction of sp³-hybridized carbons (Fsp3) is 0.167. The fourth-order valence-electron chi connectivity index (χ4n) is 1.51. The SMILES string of the molecule is COc1ccc(-c2cncnc2)cc1C. The van der Waals surface area contributed by atoms with E-state index in [0.717, 1.165) is 22.4 Å². The molecule has 0 fully saturated rings. The van der Waals surface area contributed by atoms with Crippen LogP contribution < -0.4 is 4.74 Å². The van der Waals surface area contributed by atoms with E-state index < -0.39 is 0 Å². The van der Waals surface area contributed by atoms with Crippen molar-refractivity contribution < 1.29 is 4.74 Å². The number of benzene rings is 1.